The fourth-order valence-corrected chi connectivity index (χ4v) is 3.87. The molecule has 0 fully saturated rings. The average Bonchev–Trinajstić information content (AvgIpc) is 3.12. The third-order valence-electron chi connectivity index (χ3n) is 5.43. The Kier molecular flexibility index (Phi) is 9.76. The second kappa shape index (κ2) is 12.0. The Balaban J connectivity index is 1.88. The molecule has 0 heterocycles. The van der Waals surface area contributed by atoms with Crippen molar-refractivity contribution in [3.8, 4) is 0 Å². The molecule has 1 aliphatic rings. The maximum Gasteiger partial charge on any atom is 0.408 e. The minimum absolute atomic E-state index is 0.197. The van der Waals surface area contributed by atoms with Gasteiger partial charge in [0.2, 0.25) is 0 Å². The third kappa shape index (κ3) is 9.03. The summed E-state index contributed by atoms with van der Waals surface area (Å²) < 4.78 is 17.2. The average molecular weight is 446 g/mol. The first-order valence-corrected chi connectivity index (χ1v) is 11.6. The van der Waals surface area contributed by atoms with E-state index in [2.05, 4.69) is 30.4 Å². The van der Waals surface area contributed by atoms with Crippen LogP contribution in [0.15, 0.2) is 42.0 Å². The van der Waals surface area contributed by atoms with E-state index in [1.165, 1.54) is 11.1 Å². The van der Waals surface area contributed by atoms with E-state index in [-0.39, 0.29) is 12.0 Å². The first-order valence-electron chi connectivity index (χ1n) is 11.6. The number of rotatable bonds is 10. The van der Waals surface area contributed by atoms with Crippen LogP contribution in [-0.2, 0) is 25.4 Å². The van der Waals surface area contributed by atoms with Gasteiger partial charge in [0.25, 0.3) is 0 Å². The second-order valence-corrected chi connectivity index (χ2v) is 9.68. The molecule has 6 nitrogen and oxygen atoms in total. The van der Waals surface area contributed by atoms with E-state index in [1.54, 1.807) is 27.7 Å². The number of esters is 1. The smallest absolute Gasteiger partial charge is 0.408 e. The normalized spacial score (nSPS) is 18.9. The molecule has 1 aromatic rings. The van der Waals surface area contributed by atoms with Crippen molar-refractivity contribution >= 4 is 12.1 Å². The summed E-state index contributed by atoms with van der Waals surface area (Å²) in [6, 6.07) is 9.52. The minimum atomic E-state index is -0.811. The van der Waals surface area contributed by atoms with E-state index in [4.69, 9.17) is 14.2 Å². The Morgan fingerprint density at radius 2 is 1.84 bits per heavy atom. The summed E-state index contributed by atoms with van der Waals surface area (Å²) in [5, 5.41) is 2.54. The maximum atomic E-state index is 12.6. The molecule has 0 radical (unpaired) electrons. The molecule has 178 valence electrons. The number of carbonyl (C=O) groups is 2. The van der Waals surface area contributed by atoms with Gasteiger partial charge in [0, 0.05) is 6.61 Å². The standard InChI is InChI=1S/C26H39NO5/c1-18-14-15-22(17-18)23(30-16-10-13-21-11-8-7-9-12-21)20(3)31-24(28)19(2)27-25(29)32-26(4,5)6/h7-9,11-12,14,19-20,22-23H,10,13,15-17H2,1-6H3,(H,27,29)/t19-,20-,22+,23-/m0/s1. The van der Waals surface area contributed by atoms with Crippen LogP contribution in [0.5, 0.6) is 0 Å². The van der Waals surface area contributed by atoms with Crippen LogP contribution in [0.3, 0.4) is 0 Å². The minimum Gasteiger partial charge on any atom is -0.458 e. The Morgan fingerprint density at radius 3 is 2.44 bits per heavy atom. The number of benzene rings is 1. The van der Waals surface area contributed by atoms with Crippen molar-refractivity contribution in [2.75, 3.05) is 6.61 Å². The zero-order valence-corrected chi connectivity index (χ0v) is 20.4. The predicted molar refractivity (Wildman–Crippen MR) is 125 cm³/mol. The summed E-state index contributed by atoms with van der Waals surface area (Å²) in [7, 11) is 0. The predicted octanol–water partition coefficient (Wildman–Crippen LogP) is 5.21. The van der Waals surface area contributed by atoms with Crippen LogP contribution in [0.1, 0.15) is 66.4 Å². The first-order chi connectivity index (χ1) is 15.0. The fraction of sp³-hybridized carbons (Fsp3) is 0.615. The number of nitrogens with one attached hydrogen (secondary N) is 1. The number of aryl methyl sites for hydroxylation is 1. The highest BCUT2D eigenvalue weighted by atomic mass is 16.6. The van der Waals surface area contributed by atoms with E-state index in [9.17, 15) is 9.59 Å². The van der Waals surface area contributed by atoms with E-state index in [0.29, 0.717) is 6.61 Å². The van der Waals surface area contributed by atoms with Gasteiger partial charge >= 0.3 is 12.1 Å². The summed E-state index contributed by atoms with van der Waals surface area (Å²) in [5.74, 6) is -0.215. The van der Waals surface area contributed by atoms with Crippen molar-refractivity contribution in [2.45, 2.75) is 91.1 Å². The van der Waals surface area contributed by atoms with E-state index >= 15 is 0 Å². The monoisotopic (exact) mass is 445 g/mol. The summed E-state index contributed by atoms with van der Waals surface area (Å²) in [4.78, 5) is 24.5. The van der Waals surface area contributed by atoms with Gasteiger partial charge in [0.05, 0.1) is 6.10 Å². The zero-order valence-electron chi connectivity index (χ0n) is 20.4. The van der Waals surface area contributed by atoms with Crippen LogP contribution in [0, 0.1) is 5.92 Å². The van der Waals surface area contributed by atoms with Crippen molar-refractivity contribution in [1.29, 1.82) is 0 Å². The van der Waals surface area contributed by atoms with Crippen molar-refractivity contribution in [3.63, 3.8) is 0 Å². The molecule has 1 aromatic carbocycles. The lowest BCUT2D eigenvalue weighted by molar-refractivity contribution is -0.161. The quantitative estimate of drug-likeness (QED) is 0.304. The molecule has 32 heavy (non-hydrogen) atoms. The molecule has 0 spiro atoms. The molecule has 1 aliphatic carbocycles. The van der Waals surface area contributed by atoms with Crippen LogP contribution >= 0.6 is 0 Å². The van der Waals surface area contributed by atoms with Gasteiger partial charge in [0.15, 0.2) is 0 Å². The molecule has 0 aromatic heterocycles. The van der Waals surface area contributed by atoms with Gasteiger partial charge in [-0.1, -0.05) is 42.0 Å². The van der Waals surface area contributed by atoms with Gasteiger partial charge in [-0.3, -0.25) is 0 Å². The van der Waals surface area contributed by atoms with Crippen LogP contribution < -0.4 is 5.32 Å². The van der Waals surface area contributed by atoms with Gasteiger partial charge in [-0.15, -0.1) is 0 Å². The molecule has 0 unspecified atom stereocenters. The fourth-order valence-electron chi connectivity index (χ4n) is 3.87. The largest absolute Gasteiger partial charge is 0.458 e. The molecular formula is C26H39NO5. The van der Waals surface area contributed by atoms with Crippen LogP contribution in [0.4, 0.5) is 4.79 Å². The van der Waals surface area contributed by atoms with E-state index < -0.39 is 29.8 Å². The van der Waals surface area contributed by atoms with E-state index in [0.717, 1.165) is 25.7 Å². The summed E-state index contributed by atoms with van der Waals surface area (Å²) in [5.41, 5.74) is 1.99. The number of ether oxygens (including phenoxy) is 3. The Morgan fingerprint density at radius 1 is 1.16 bits per heavy atom. The SMILES string of the molecule is CC1=CC[C@@H]([C@@H](OCCCc2ccccc2)[C@H](C)OC(=O)[C@H](C)NC(=O)OC(C)(C)C)C1. The van der Waals surface area contributed by atoms with Gasteiger partial charge in [-0.2, -0.15) is 0 Å². The Bertz CT molecular complexity index is 768. The number of alkyl carbamates (subject to hydrolysis) is 1. The van der Waals surface area contributed by atoms with Gasteiger partial charge < -0.3 is 19.5 Å². The van der Waals surface area contributed by atoms with Crippen LogP contribution in [0.2, 0.25) is 0 Å². The van der Waals surface area contributed by atoms with Crippen molar-refractivity contribution < 1.29 is 23.8 Å². The van der Waals surface area contributed by atoms with Crippen molar-refractivity contribution in [3.05, 3.63) is 47.5 Å². The Hall–Kier alpha value is -2.34. The molecule has 6 heteroatoms. The molecule has 4 atom stereocenters. The highest BCUT2D eigenvalue weighted by Crippen LogP contribution is 2.31. The number of amides is 1. The number of hydrogen-bond acceptors (Lipinski definition) is 5. The molecule has 0 saturated carbocycles. The van der Waals surface area contributed by atoms with Crippen molar-refractivity contribution in [1.82, 2.24) is 5.32 Å². The van der Waals surface area contributed by atoms with Crippen molar-refractivity contribution in [2.24, 2.45) is 5.92 Å². The molecule has 0 bridgehead atoms. The third-order valence-corrected chi connectivity index (χ3v) is 5.43. The summed E-state index contributed by atoms with van der Waals surface area (Å²) in [6.07, 6.45) is 4.67. The maximum absolute atomic E-state index is 12.6. The first kappa shape index (κ1) is 25.9. The topological polar surface area (TPSA) is 73.9 Å². The van der Waals surface area contributed by atoms with Gasteiger partial charge in [-0.25, -0.2) is 9.59 Å². The molecule has 2 rings (SSSR count). The summed E-state index contributed by atoms with van der Waals surface area (Å²) >= 11 is 0. The lowest BCUT2D eigenvalue weighted by Gasteiger charge is -2.30. The van der Waals surface area contributed by atoms with E-state index in [1.807, 2.05) is 25.1 Å². The van der Waals surface area contributed by atoms with Gasteiger partial charge in [-0.05, 0) is 78.7 Å². The molecule has 1 amide bonds. The molecular weight excluding hydrogens is 406 g/mol. The van der Waals surface area contributed by atoms with Gasteiger partial charge in [0.1, 0.15) is 17.7 Å². The lowest BCUT2D eigenvalue weighted by Crippen LogP contribution is -2.45. The number of carbonyl (C=O) groups excluding carboxylic acids is 2. The summed E-state index contributed by atoms with van der Waals surface area (Å²) in [6.45, 7) is 11.5. The number of hydrogen-bond donors (Lipinski definition) is 1. The number of allylic oxidation sites excluding steroid dienone is 2. The Labute approximate surface area is 192 Å². The molecule has 1 N–H and O–H groups in total. The molecule has 0 saturated heterocycles. The van der Waals surface area contributed by atoms with Crippen LogP contribution in [0.25, 0.3) is 0 Å². The highest BCUT2D eigenvalue weighted by Gasteiger charge is 2.33. The van der Waals surface area contributed by atoms with Crippen LogP contribution in [-0.4, -0.2) is 42.5 Å². The molecule has 0 aliphatic heterocycles. The lowest BCUT2D eigenvalue weighted by atomic mass is 9.94. The highest BCUT2D eigenvalue weighted by molar-refractivity contribution is 5.81. The zero-order chi connectivity index (χ0) is 23.7. The second-order valence-electron chi connectivity index (χ2n) is 9.68.